The summed E-state index contributed by atoms with van der Waals surface area (Å²) in [6.07, 6.45) is 0. The standard InChI is InChI=1S/C44H28O7/c45-33-4-1-3-32(25-33)41-27-40-23-24-42(41)51-37-21-13-31(14-22-37)44(47)29-9-17-35(18-10-29)49-39-6-2-5-38(26-39)48-34-15-7-28(8-16-34)43(46)30-11-19-36(50-40)20-12-30/h1-27,45H. The minimum Gasteiger partial charge on any atom is -0.508 e. The average Bonchev–Trinajstić information content (AvgIpc) is 3.16. The highest BCUT2D eigenvalue weighted by Gasteiger charge is 2.15. The zero-order valence-electron chi connectivity index (χ0n) is 27.0. The van der Waals surface area contributed by atoms with E-state index in [2.05, 4.69) is 0 Å². The fraction of sp³-hybridized carbons (Fsp3) is 0. The normalized spacial score (nSPS) is 12.3. The van der Waals surface area contributed by atoms with Gasteiger partial charge in [0.2, 0.25) is 0 Å². The molecule has 0 saturated heterocycles. The zero-order valence-corrected chi connectivity index (χ0v) is 27.0. The van der Waals surface area contributed by atoms with Crippen molar-refractivity contribution in [1.29, 1.82) is 0 Å². The Bertz CT molecular complexity index is 2380. The van der Waals surface area contributed by atoms with Gasteiger partial charge < -0.3 is 24.1 Å². The Labute approximate surface area is 293 Å². The number of phenolic OH excluding ortho intramolecular Hbond substituents is 1. The van der Waals surface area contributed by atoms with Gasteiger partial charge in [-0.15, -0.1) is 0 Å². The van der Waals surface area contributed by atoms with Gasteiger partial charge in [0, 0.05) is 33.9 Å². The van der Waals surface area contributed by atoms with Crippen LogP contribution >= 0.6 is 0 Å². The van der Waals surface area contributed by atoms with Crippen molar-refractivity contribution in [2.75, 3.05) is 0 Å². The number of rotatable bonds is 1. The number of fused-ring (bicyclic) bond motifs is 1. The third-order valence-electron chi connectivity index (χ3n) is 8.31. The second-order valence-electron chi connectivity index (χ2n) is 11.8. The lowest BCUT2D eigenvalue weighted by Crippen LogP contribution is -2.01. The molecule has 7 heteroatoms. The Morgan fingerprint density at radius 2 is 0.725 bits per heavy atom. The fourth-order valence-electron chi connectivity index (χ4n) is 5.73. The highest BCUT2D eigenvalue weighted by Crippen LogP contribution is 2.39. The summed E-state index contributed by atoms with van der Waals surface area (Å²) >= 11 is 0. The molecule has 0 radical (unpaired) electrons. The van der Waals surface area contributed by atoms with Gasteiger partial charge >= 0.3 is 0 Å². The van der Waals surface area contributed by atoms with Crippen LogP contribution in [0.25, 0.3) is 11.1 Å². The van der Waals surface area contributed by atoms with Crippen molar-refractivity contribution >= 4 is 11.6 Å². The smallest absolute Gasteiger partial charge is 0.193 e. The van der Waals surface area contributed by atoms with Crippen LogP contribution in [0.15, 0.2) is 164 Å². The summed E-state index contributed by atoms with van der Waals surface area (Å²) in [5, 5.41) is 10.2. The lowest BCUT2D eigenvalue weighted by Gasteiger charge is -2.15. The molecule has 0 aromatic heterocycles. The molecule has 8 heterocycles. The van der Waals surface area contributed by atoms with Crippen LogP contribution in [0.1, 0.15) is 31.8 Å². The summed E-state index contributed by atoms with van der Waals surface area (Å²) in [7, 11) is 0. The molecule has 0 atom stereocenters. The Morgan fingerprint density at radius 3 is 1.18 bits per heavy atom. The van der Waals surface area contributed by atoms with E-state index in [9.17, 15) is 14.7 Å². The number of hydrogen-bond acceptors (Lipinski definition) is 7. The van der Waals surface area contributed by atoms with Crippen LogP contribution in [-0.2, 0) is 0 Å². The topological polar surface area (TPSA) is 91.3 Å². The molecule has 0 unspecified atom stereocenters. The van der Waals surface area contributed by atoms with Gasteiger partial charge in [0.25, 0.3) is 0 Å². The van der Waals surface area contributed by atoms with Crippen LogP contribution in [0.4, 0.5) is 0 Å². The summed E-state index contributed by atoms with van der Waals surface area (Å²) in [6.45, 7) is 0. The molecule has 0 fully saturated rings. The van der Waals surface area contributed by atoms with Crippen molar-refractivity contribution < 1.29 is 33.6 Å². The molecule has 8 aliphatic heterocycles. The lowest BCUT2D eigenvalue weighted by molar-refractivity contribution is 0.103. The molecule has 51 heavy (non-hydrogen) atoms. The van der Waals surface area contributed by atoms with E-state index < -0.39 is 0 Å². The van der Waals surface area contributed by atoms with Gasteiger partial charge in [-0.05, 0) is 145 Å². The average molecular weight is 669 g/mol. The predicted molar refractivity (Wildman–Crippen MR) is 193 cm³/mol. The van der Waals surface area contributed by atoms with E-state index in [1.807, 2.05) is 30.3 Å². The van der Waals surface area contributed by atoms with Crippen LogP contribution in [0.5, 0.6) is 51.7 Å². The van der Waals surface area contributed by atoms with Gasteiger partial charge in [-0.2, -0.15) is 0 Å². The number of phenols is 1. The molecule has 0 aliphatic carbocycles. The Hall–Kier alpha value is -7.12. The van der Waals surface area contributed by atoms with Crippen molar-refractivity contribution in [2.24, 2.45) is 0 Å². The van der Waals surface area contributed by atoms with E-state index in [-0.39, 0.29) is 17.3 Å². The van der Waals surface area contributed by atoms with E-state index in [0.29, 0.717) is 73.8 Å². The maximum atomic E-state index is 13.4. The van der Waals surface area contributed by atoms with E-state index in [4.69, 9.17) is 18.9 Å². The molecule has 8 aliphatic rings. The van der Waals surface area contributed by atoms with Crippen LogP contribution in [0, 0.1) is 0 Å². The van der Waals surface area contributed by atoms with Crippen LogP contribution in [-0.4, -0.2) is 16.7 Å². The number of carbonyl (C=O) groups is 2. The van der Waals surface area contributed by atoms with Gasteiger partial charge in [-0.1, -0.05) is 18.2 Å². The predicted octanol–water partition coefficient (Wildman–Crippen LogP) is 11.0. The van der Waals surface area contributed by atoms with Gasteiger partial charge in [0.1, 0.15) is 51.7 Å². The zero-order chi connectivity index (χ0) is 34.7. The molecule has 0 saturated carbocycles. The van der Waals surface area contributed by atoms with Crippen molar-refractivity contribution in [3.63, 3.8) is 0 Å². The summed E-state index contributed by atoms with van der Waals surface area (Å²) in [4.78, 5) is 26.7. The van der Waals surface area contributed by atoms with Crippen LogP contribution in [0.3, 0.4) is 0 Å². The first-order chi connectivity index (χ1) is 24.9. The number of carbonyl (C=O) groups excluding carboxylic acids is 2. The quantitative estimate of drug-likeness (QED) is 0.186. The van der Waals surface area contributed by atoms with Crippen molar-refractivity contribution in [2.45, 2.75) is 0 Å². The molecule has 0 amide bonds. The summed E-state index contributed by atoms with van der Waals surface area (Å²) in [6, 6.07) is 47.2. The first kappa shape index (κ1) is 31.2. The van der Waals surface area contributed by atoms with E-state index in [1.165, 1.54) is 0 Å². The maximum absolute atomic E-state index is 13.4. The SMILES string of the molecule is O=C1c2ccc(cc2)Oc2cccc(c2)Oc2ccc(cc2)C(=O)c2ccc(cc2)Oc2ccc(cc2-c2cccc(O)c2)Oc2ccc1cc2. The largest absolute Gasteiger partial charge is 0.508 e. The van der Waals surface area contributed by atoms with Crippen LogP contribution < -0.4 is 18.9 Å². The highest BCUT2D eigenvalue weighted by atomic mass is 16.5. The minimum atomic E-state index is -0.143. The van der Waals surface area contributed by atoms with E-state index in [0.717, 1.165) is 5.56 Å². The highest BCUT2D eigenvalue weighted by molar-refractivity contribution is 6.09. The van der Waals surface area contributed by atoms with Gasteiger partial charge in [0.15, 0.2) is 11.6 Å². The Kier molecular flexibility index (Phi) is 8.20. The Morgan fingerprint density at radius 1 is 0.333 bits per heavy atom. The molecule has 7 aromatic carbocycles. The first-order valence-electron chi connectivity index (χ1n) is 16.2. The van der Waals surface area contributed by atoms with Crippen molar-refractivity contribution in [1.82, 2.24) is 0 Å². The number of hydrogen-bond donors (Lipinski definition) is 1. The van der Waals surface area contributed by atoms with Gasteiger partial charge in [-0.25, -0.2) is 0 Å². The van der Waals surface area contributed by atoms with Crippen LogP contribution in [0.2, 0.25) is 0 Å². The molecular formula is C44H28O7. The third-order valence-corrected chi connectivity index (χ3v) is 8.31. The van der Waals surface area contributed by atoms with Gasteiger partial charge in [0.05, 0.1) is 0 Å². The molecule has 1 N–H and O–H groups in total. The fourth-order valence-corrected chi connectivity index (χ4v) is 5.73. The second kappa shape index (κ2) is 13.4. The molecule has 7 nitrogen and oxygen atoms in total. The molecular weight excluding hydrogens is 640 g/mol. The monoisotopic (exact) mass is 668 g/mol. The Balaban J connectivity index is 1.16. The van der Waals surface area contributed by atoms with Crippen molar-refractivity contribution in [3.05, 3.63) is 186 Å². The third kappa shape index (κ3) is 6.90. The lowest BCUT2D eigenvalue weighted by atomic mass is 10.0. The van der Waals surface area contributed by atoms with Crippen molar-refractivity contribution in [3.8, 4) is 62.9 Å². The number of ketones is 2. The molecule has 0 spiro atoms. The molecule has 246 valence electrons. The molecule has 15 rings (SSSR count). The minimum absolute atomic E-state index is 0.108. The van der Waals surface area contributed by atoms with Gasteiger partial charge in [-0.3, -0.25) is 9.59 Å². The summed E-state index contributed by atoms with van der Waals surface area (Å²) in [5.74, 6) is 4.19. The summed E-state index contributed by atoms with van der Waals surface area (Å²) < 4.78 is 24.6. The molecule has 12 bridgehead atoms. The first-order valence-corrected chi connectivity index (χ1v) is 16.2. The maximum Gasteiger partial charge on any atom is 0.193 e. The summed E-state index contributed by atoms with van der Waals surface area (Å²) in [5.41, 5.74) is 3.43. The second-order valence-corrected chi connectivity index (χ2v) is 11.8. The number of benzene rings is 7. The van der Waals surface area contributed by atoms with E-state index in [1.54, 1.807) is 133 Å². The number of ether oxygens (including phenoxy) is 4. The van der Waals surface area contributed by atoms with E-state index >= 15 is 0 Å². The number of aromatic hydroxyl groups is 1. The molecule has 7 aromatic rings.